The van der Waals surface area contributed by atoms with Crippen molar-refractivity contribution in [2.24, 2.45) is 5.73 Å². The molecule has 0 heterocycles. The van der Waals surface area contributed by atoms with Gasteiger partial charge in [0.25, 0.3) is 11.8 Å². The molecule has 0 radical (unpaired) electrons. The SMILES string of the molecule is CC(C)SCCC(N)C(O)C(=O)NNC(=O)c1cccc(OCC(O)CO)c1. The van der Waals surface area contributed by atoms with Crippen molar-refractivity contribution in [2.75, 3.05) is 19.0 Å². The lowest BCUT2D eigenvalue weighted by Crippen LogP contribution is -2.52. The normalized spacial score (nSPS) is 14.2. The van der Waals surface area contributed by atoms with E-state index in [1.165, 1.54) is 12.1 Å². The Balaban J connectivity index is 2.49. The minimum Gasteiger partial charge on any atom is -0.491 e. The van der Waals surface area contributed by atoms with Crippen molar-refractivity contribution in [1.82, 2.24) is 10.9 Å². The molecule has 10 heteroatoms. The number of nitrogens with one attached hydrogen (secondary N) is 2. The molecule has 2 amide bonds. The summed E-state index contributed by atoms with van der Waals surface area (Å²) in [7, 11) is 0. The first kappa shape index (κ1) is 24.2. The number of hydrogen-bond donors (Lipinski definition) is 6. The summed E-state index contributed by atoms with van der Waals surface area (Å²) >= 11 is 1.68. The molecule has 3 unspecified atom stereocenters. The summed E-state index contributed by atoms with van der Waals surface area (Å²) in [6, 6.07) is 5.32. The van der Waals surface area contributed by atoms with Crippen molar-refractivity contribution in [3.63, 3.8) is 0 Å². The average Bonchev–Trinajstić information content (AvgIpc) is 2.69. The van der Waals surface area contributed by atoms with Crippen LogP contribution in [0, 0.1) is 0 Å². The first-order valence-electron chi connectivity index (χ1n) is 8.91. The Kier molecular flexibility index (Phi) is 10.9. The molecule has 9 nitrogen and oxygen atoms in total. The smallest absolute Gasteiger partial charge is 0.269 e. The Morgan fingerprint density at radius 3 is 2.61 bits per heavy atom. The molecule has 3 atom stereocenters. The molecule has 1 aromatic carbocycles. The molecule has 0 aliphatic carbocycles. The van der Waals surface area contributed by atoms with E-state index in [9.17, 15) is 19.8 Å². The quantitative estimate of drug-likeness (QED) is 0.262. The Bertz CT molecular complexity index is 631. The van der Waals surface area contributed by atoms with E-state index in [0.29, 0.717) is 23.2 Å². The molecular weight excluding hydrogens is 386 g/mol. The van der Waals surface area contributed by atoms with Crippen LogP contribution in [0.2, 0.25) is 0 Å². The van der Waals surface area contributed by atoms with Crippen LogP contribution < -0.4 is 21.3 Å². The third-order valence-corrected chi connectivity index (χ3v) is 4.76. The predicted octanol–water partition coefficient (Wildman–Crippen LogP) is -0.600. The van der Waals surface area contributed by atoms with E-state index in [-0.39, 0.29) is 12.2 Å². The third-order valence-electron chi connectivity index (χ3n) is 3.63. The molecule has 0 aromatic heterocycles. The van der Waals surface area contributed by atoms with E-state index in [0.717, 1.165) is 0 Å². The highest BCUT2D eigenvalue weighted by Gasteiger charge is 2.23. The van der Waals surface area contributed by atoms with Crippen LogP contribution in [0.1, 0.15) is 30.6 Å². The van der Waals surface area contributed by atoms with Crippen LogP contribution in [0.25, 0.3) is 0 Å². The summed E-state index contributed by atoms with van der Waals surface area (Å²) < 4.78 is 5.26. The molecule has 158 valence electrons. The van der Waals surface area contributed by atoms with Gasteiger partial charge < -0.3 is 25.8 Å². The van der Waals surface area contributed by atoms with Gasteiger partial charge in [-0.15, -0.1) is 0 Å². The molecule has 0 fully saturated rings. The number of hydrogen-bond acceptors (Lipinski definition) is 8. The third kappa shape index (κ3) is 8.89. The lowest BCUT2D eigenvalue weighted by molar-refractivity contribution is -0.131. The van der Waals surface area contributed by atoms with Crippen molar-refractivity contribution in [2.45, 2.75) is 43.8 Å². The zero-order chi connectivity index (χ0) is 21.1. The van der Waals surface area contributed by atoms with E-state index in [1.54, 1.807) is 23.9 Å². The monoisotopic (exact) mass is 415 g/mol. The zero-order valence-electron chi connectivity index (χ0n) is 16.0. The number of aliphatic hydroxyl groups is 3. The van der Waals surface area contributed by atoms with E-state index >= 15 is 0 Å². The average molecular weight is 416 g/mol. The molecule has 0 spiro atoms. The second-order valence-electron chi connectivity index (χ2n) is 6.44. The number of nitrogens with two attached hydrogens (primary N) is 1. The standard InChI is InChI=1S/C18H29N3O6S/c1-11(2)28-7-6-15(19)16(24)18(26)21-20-17(25)12-4-3-5-14(8-12)27-10-13(23)9-22/h3-5,8,11,13,15-16,22-24H,6-7,9-10,19H2,1-2H3,(H,20,25)(H,21,26). The fourth-order valence-electron chi connectivity index (χ4n) is 2.03. The molecule has 0 aliphatic rings. The van der Waals surface area contributed by atoms with Gasteiger partial charge in [-0.1, -0.05) is 19.9 Å². The predicted molar refractivity (Wildman–Crippen MR) is 107 cm³/mol. The number of ether oxygens (including phenoxy) is 1. The summed E-state index contributed by atoms with van der Waals surface area (Å²) in [5.74, 6) is -0.379. The first-order valence-corrected chi connectivity index (χ1v) is 9.96. The van der Waals surface area contributed by atoms with Gasteiger partial charge >= 0.3 is 0 Å². The van der Waals surface area contributed by atoms with Crippen LogP contribution in [0.3, 0.4) is 0 Å². The van der Waals surface area contributed by atoms with Gasteiger partial charge in [-0.25, -0.2) is 0 Å². The fourth-order valence-corrected chi connectivity index (χ4v) is 2.91. The highest BCUT2D eigenvalue weighted by Crippen LogP contribution is 2.14. The Morgan fingerprint density at radius 1 is 1.25 bits per heavy atom. The Hall–Kier alpha value is -1.85. The van der Waals surface area contributed by atoms with Crippen molar-refractivity contribution in [1.29, 1.82) is 0 Å². The van der Waals surface area contributed by atoms with Gasteiger partial charge in [-0.2, -0.15) is 11.8 Å². The van der Waals surface area contributed by atoms with Gasteiger partial charge in [0.05, 0.1) is 6.61 Å². The van der Waals surface area contributed by atoms with Crippen molar-refractivity contribution in [3.8, 4) is 5.75 Å². The number of hydrazine groups is 1. The summed E-state index contributed by atoms with van der Waals surface area (Å²) in [5, 5.41) is 28.4. The first-order chi connectivity index (χ1) is 13.2. The summed E-state index contributed by atoms with van der Waals surface area (Å²) in [6.07, 6.45) is -2.01. The number of amides is 2. The van der Waals surface area contributed by atoms with Crippen LogP contribution in [-0.2, 0) is 4.79 Å². The molecular formula is C18H29N3O6S. The molecule has 1 aromatic rings. The molecule has 0 aliphatic heterocycles. The van der Waals surface area contributed by atoms with Crippen LogP contribution in [0.5, 0.6) is 5.75 Å². The van der Waals surface area contributed by atoms with Crippen LogP contribution in [0.4, 0.5) is 0 Å². The second-order valence-corrected chi connectivity index (χ2v) is 8.12. The lowest BCUT2D eigenvalue weighted by atomic mass is 10.1. The van der Waals surface area contributed by atoms with Gasteiger partial charge in [0, 0.05) is 11.6 Å². The van der Waals surface area contributed by atoms with Crippen molar-refractivity contribution < 1.29 is 29.6 Å². The Labute approximate surface area is 168 Å². The summed E-state index contributed by atoms with van der Waals surface area (Å²) in [6.45, 7) is 3.53. The van der Waals surface area contributed by atoms with Crippen molar-refractivity contribution >= 4 is 23.6 Å². The fraction of sp³-hybridized carbons (Fsp3) is 0.556. The number of carbonyl (C=O) groups is 2. The minimum absolute atomic E-state index is 0.127. The number of benzene rings is 1. The second kappa shape index (κ2) is 12.6. The Morgan fingerprint density at radius 2 is 1.96 bits per heavy atom. The highest BCUT2D eigenvalue weighted by molar-refractivity contribution is 7.99. The summed E-state index contributed by atoms with van der Waals surface area (Å²) in [5.41, 5.74) is 10.4. The molecule has 7 N–H and O–H groups in total. The van der Waals surface area contributed by atoms with Gasteiger partial charge in [-0.3, -0.25) is 20.4 Å². The van der Waals surface area contributed by atoms with Crippen LogP contribution >= 0.6 is 11.8 Å². The highest BCUT2D eigenvalue weighted by atomic mass is 32.2. The number of rotatable bonds is 11. The van der Waals surface area contributed by atoms with Crippen LogP contribution in [-0.4, -0.2) is 69.6 Å². The summed E-state index contributed by atoms with van der Waals surface area (Å²) in [4.78, 5) is 24.1. The van der Waals surface area contributed by atoms with Crippen LogP contribution in [0.15, 0.2) is 24.3 Å². The zero-order valence-corrected chi connectivity index (χ0v) is 16.8. The molecule has 0 saturated carbocycles. The van der Waals surface area contributed by atoms with E-state index in [2.05, 4.69) is 10.9 Å². The maximum atomic E-state index is 12.1. The maximum Gasteiger partial charge on any atom is 0.269 e. The molecule has 1 rings (SSSR count). The molecule has 0 bridgehead atoms. The largest absolute Gasteiger partial charge is 0.491 e. The number of carbonyl (C=O) groups excluding carboxylic acids is 2. The van der Waals surface area contributed by atoms with Crippen molar-refractivity contribution in [3.05, 3.63) is 29.8 Å². The molecule has 28 heavy (non-hydrogen) atoms. The van der Waals surface area contributed by atoms with E-state index < -0.39 is 36.7 Å². The van der Waals surface area contributed by atoms with Gasteiger partial charge in [0.1, 0.15) is 24.6 Å². The van der Waals surface area contributed by atoms with Gasteiger partial charge in [0.15, 0.2) is 0 Å². The lowest BCUT2D eigenvalue weighted by Gasteiger charge is -2.19. The van der Waals surface area contributed by atoms with Gasteiger partial charge in [0.2, 0.25) is 0 Å². The van der Waals surface area contributed by atoms with Gasteiger partial charge in [-0.05, 0) is 35.6 Å². The topological polar surface area (TPSA) is 154 Å². The molecule has 0 saturated heterocycles. The maximum absolute atomic E-state index is 12.1. The van der Waals surface area contributed by atoms with E-state index in [4.69, 9.17) is 15.6 Å². The number of thioether (sulfide) groups is 1. The number of aliphatic hydroxyl groups excluding tert-OH is 3. The minimum atomic E-state index is -1.44. The van der Waals surface area contributed by atoms with E-state index in [1.807, 2.05) is 13.8 Å².